The molecule has 21 heavy (non-hydrogen) atoms. The quantitative estimate of drug-likeness (QED) is 0.696. The van der Waals surface area contributed by atoms with Crippen molar-refractivity contribution < 1.29 is 9.13 Å². The molecule has 1 aliphatic rings. The van der Waals surface area contributed by atoms with Gasteiger partial charge in [0, 0.05) is 21.5 Å². The van der Waals surface area contributed by atoms with E-state index in [1.165, 1.54) is 6.07 Å². The van der Waals surface area contributed by atoms with Gasteiger partial charge in [0.1, 0.15) is 11.6 Å². The summed E-state index contributed by atoms with van der Waals surface area (Å²) < 4.78 is 20.2. The lowest BCUT2D eigenvalue weighted by molar-refractivity contribution is 0.274. The van der Waals surface area contributed by atoms with Crippen molar-refractivity contribution in [3.8, 4) is 5.75 Å². The van der Waals surface area contributed by atoms with Crippen LogP contribution in [0.15, 0.2) is 34.8 Å². The molecule has 0 aromatic heterocycles. The van der Waals surface area contributed by atoms with Gasteiger partial charge in [-0.2, -0.15) is 0 Å². The van der Waals surface area contributed by atoms with Gasteiger partial charge in [-0.25, -0.2) is 4.39 Å². The molecule has 3 rings (SSSR count). The molecule has 2 aromatic carbocycles. The van der Waals surface area contributed by atoms with Crippen LogP contribution in [0.3, 0.4) is 0 Å². The monoisotopic (exact) mass is 389 g/mol. The van der Waals surface area contributed by atoms with Crippen molar-refractivity contribution in [2.45, 2.75) is 12.5 Å². The fourth-order valence-electron chi connectivity index (χ4n) is 2.39. The van der Waals surface area contributed by atoms with E-state index in [1.54, 1.807) is 24.3 Å². The Bertz CT molecular complexity index is 675. The molecule has 0 saturated carbocycles. The molecule has 6 heteroatoms. The number of hydrogen-bond donors (Lipinski definition) is 1. The fourth-order valence-corrected chi connectivity index (χ4v) is 3.41. The van der Waals surface area contributed by atoms with Gasteiger partial charge in [0.05, 0.1) is 23.4 Å². The van der Waals surface area contributed by atoms with Crippen molar-refractivity contribution in [1.29, 1.82) is 0 Å². The van der Waals surface area contributed by atoms with Gasteiger partial charge in [-0.1, -0.05) is 29.3 Å². The molecule has 1 aliphatic heterocycles. The molecular weight excluding hydrogens is 380 g/mol. The summed E-state index contributed by atoms with van der Waals surface area (Å²) in [6, 6.07) is 8.18. The highest BCUT2D eigenvalue weighted by atomic mass is 79.9. The van der Waals surface area contributed by atoms with E-state index >= 15 is 0 Å². The Morgan fingerprint density at radius 1 is 1.29 bits per heavy atom. The molecule has 1 heterocycles. The second-order valence-electron chi connectivity index (χ2n) is 4.74. The molecule has 1 N–H and O–H groups in total. The zero-order valence-corrected chi connectivity index (χ0v) is 13.9. The smallest absolute Gasteiger partial charge is 0.147 e. The molecule has 0 aliphatic carbocycles. The van der Waals surface area contributed by atoms with Crippen molar-refractivity contribution >= 4 is 44.8 Å². The number of halogens is 4. The Balaban J connectivity index is 1.99. The summed E-state index contributed by atoms with van der Waals surface area (Å²) in [7, 11) is 0. The molecule has 2 aromatic rings. The molecule has 2 nitrogen and oxygen atoms in total. The second-order valence-corrected chi connectivity index (χ2v) is 6.43. The van der Waals surface area contributed by atoms with E-state index in [-0.39, 0.29) is 11.9 Å². The van der Waals surface area contributed by atoms with Gasteiger partial charge in [0.2, 0.25) is 0 Å². The topological polar surface area (TPSA) is 21.3 Å². The van der Waals surface area contributed by atoms with Gasteiger partial charge < -0.3 is 10.1 Å². The van der Waals surface area contributed by atoms with Crippen molar-refractivity contribution in [3.63, 3.8) is 0 Å². The Morgan fingerprint density at radius 2 is 2.10 bits per heavy atom. The summed E-state index contributed by atoms with van der Waals surface area (Å²) >= 11 is 15.6. The highest BCUT2D eigenvalue weighted by Gasteiger charge is 2.25. The third-order valence-electron chi connectivity index (χ3n) is 3.35. The second kappa shape index (κ2) is 6.03. The Morgan fingerprint density at radius 3 is 2.86 bits per heavy atom. The van der Waals surface area contributed by atoms with E-state index in [4.69, 9.17) is 27.9 Å². The highest BCUT2D eigenvalue weighted by molar-refractivity contribution is 9.10. The molecule has 0 radical (unpaired) electrons. The van der Waals surface area contributed by atoms with E-state index in [0.29, 0.717) is 39.0 Å². The molecule has 0 amide bonds. The SMILES string of the molecule is Fc1cccc(Br)c1NC1CCOc2c(Cl)cc(Cl)cc21. The summed E-state index contributed by atoms with van der Waals surface area (Å²) in [5.74, 6) is 0.294. The Kier molecular flexibility index (Phi) is 4.29. The van der Waals surface area contributed by atoms with Crippen LogP contribution in [0, 0.1) is 5.82 Å². The van der Waals surface area contributed by atoms with E-state index in [2.05, 4.69) is 21.2 Å². The van der Waals surface area contributed by atoms with Gasteiger partial charge in [0.15, 0.2) is 0 Å². The minimum Gasteiger partial charge on any atom is -0.492 e. The minimum atomic E-state index is -0.314. The average Bonchev–Trinajstić information content (AvgIpc) is 2.43. The number of benzene rings is 2. The summed E-state index contributed by atoms with van der Waals surface area (Å²) in [4.78, 5) is 0. The lowest BCUT2D eigenvalue weighted by Gasteiger charge is -2.28. The normalized spacial score (nSPS) is 17.0. The first-order valence-electron chi connectivity index (χ1n) is 6.38. The van der Waals surface area contributed by atoms with E-state index in [1.807, 2.05) is 0 Å². The molecule has 110 valence electrons. The number of ether oxygens (including phenoxy) is 1. The van der Waals surface area contributed by atoms with Crippen LogP contribution in [-0.4, -0.2) is 6.61 Å². The lowest BCUT2D eigenvalue weighted by Crippen LogP contribution is -2.21. The number of rotatable bonds is 2. The first-order chi connectivity index (χ1) is 10.1. The van der Waals surface area contributed by atoms with Crippen LogP contribution in [0.5, 0.6) is 5.75 Å². The number of hydrogen-bond acceptors (Lipinski definition) is 2. The number of fused-ring (bicyclic) bond motifs is 1. The maximum absolute atomic E-state index is 14.0. The first kappa shape index (κ1) is 14.9. The third-order valence-corrected chi connectivity index (χ3v) is 4.51. The number of nitrogens with one attached hydrogen (secondary N) is 1. The van der Waals surface area contributed by atoms with Crippen molar-refractivity contribution in [2.24, 2.45) is 0 Å². The summed E-state index contributed by atoms with van der Waals surface area (Å²) in [5.41, 5.74) is 1.26. The standard InChI is InChI=1S/C15H11BrCl2FNO/c16-10-2-1-3-12(19)14(10)20-13-4-5-21-15-9(13)6-8(17)7-11(15)18/h1-3,6-7,13,20H,4-5H2. The predicted octanol–water partition coefficient (Wildman–Crippen LogP) is 5.83. The van der Waals surface area contributed by atoms with Gasteiger partial charge in [-0.05, 0) is 40.2 Å². The molecule has 1 unspecified atom stereocenters. The Hall–Kier alpha value is -0.970. The molecule has 0 fully saturated rings. The maximum atomic E-state index is 14.0. The Labute approximate surface area is 140 Å². The highest BCUT2D eigenvalue weighted by Crippen LogP contribution is 2.42. The van der Waals surface area contributed by atoms with Crippen molar-refractivity contribution in [1.82, 2.24) is 0 Å². The molecule has 0 bridgehead atoms. The molecule has 1 atom stereocenters. The first-order valence-corrected chi connectivity index (χ1v) is 7.93. The molecule has 0 saturated heterocycles. The van der Waals surface area contributed by atoms with E-state index < -0.39 is 0 Å². The molecular formula is C15H11BrCl2FNO. The van der Waals surface area contributed by atoms with Crippen LogP contribution < -0.4 is 10.1 Å². The van der Waals surface area contributed by atoms with Gasteiger partial charge in [-0.3, -0.25) is 0 Å². The number of para-hydroxylation sites is 1. The predicted molar refractivity (Wildman–Crippen MR) is 87.0 cm³/mol. The van der Waals surface area contributed by atoms with Gasteiger partial charge >= 0.3 is 0 Å². The largest absolute Gasteiger partial charge is 0.492 e. The van der Waals surface area contributed by atoms with Crippen LogP contribution in [-0.2, 0) is 0 Å². The lowest BCUT2D eigenvalue weighted by atomic mass is 10.00. The van der Waals surface area contributed by atoms with Crippen LogP contribution in [0.4, 0.5) is 10.1 Å². The van der Waals surface area contributed by atoms with Gasteiger partial charge in [0.25, 0.3) is 0 Å². The zero-order valence-electron chi connectivity index (χ0n) is 10.8. The van der Waals surface area contributed by atoms with Crippen LogP contribution >= 0.6 is 39.1 Å². The van der Waals surface area contributed by atoms with E-state index in [9.17, 15) is 4.39 Å². The van der Waals surface area contributed by atoms with E-state index in [0.717, 1.165) is 5.56 Å². The zero-order chi connectivity index (χ0) is 15.0. The number of anilines is 1. The van der Waals surface area contributed by atoms with Crippen molar-refractivity contribution in [2.75, 3.05) is 11.9 Å². The van der Waals surface area contributed by atoms with Crippen LogP contribution in [0.2, 0.25) is 10.0 Å². The molecule has 0 spiro atoms. The maximum Gasteiger partial charge on any atom is 0.147 e. The van der Waals surface area contributed by atoms with Gasteiger partial charge in [-0.15, -0.1) is 0 Å². The summed E-state index contributed by atoms with van der Waals surface area (Å²) in [5, 5.41) is 4.21. The minimum absolute atomic E-state index is 0.113. The average molecular weight is 391 g/mol. The van der Waals surface area contributed by atoms with Crippen LogP contribution in [0.25, 0.3) is 0 Å². The summed E-state index contributed by atoms with van der Waals surface area (Å²) in [6.07, 6.45) is 0.699. The van der Waals surface area contributed by atoms with Crippen molar-refractivity contribution in [3.05, 3.63) is 56.2 Å². The summed E-state index contributed by atoms with van der Waals surface area (Å²) in [6.45, 7) is 0.512. The van der Waals surface area contributed by atoms with Crippen LogP contribution in [0.1, 0.15) is 18.0 Å². The fraction of sp³-hybridized carbons (Fsp3) is 0.200. The third kappa shape index (κ3) is 2.98.